The van der Waals surface area contributed by atoms with E-state index in [0.717, 1.165) is 32.0 Å². The number of sulfonamides is 1. The van der Waals surface area contributed by atoms with Crippen molar-refractivity contribution in [1.82, 2.24) is 9.62 Å². The number of hydrogen-bond donors (Lipinski definition) is 2. The fourth-order valence-corrected chi connectivity index (χ4v) is 4.50. The Morgan fingerprint density at radius 3 is 2.43 bits per heavy atom. The van der Waals surface area contributed by atoms with Crippen molar-refractivity contribution in [3.63, 3.8) is 0 Å². The minimum Gasteiger partial charge on any atom is -0.396 e. The van der Waals surface area contributed by atoms with Crippen molar-refractivity contribution < 1.29 is 17.2 Å². The van der Waals surface area contributed by atoms with Crippen LogP contribution in [0.2, 0.25) is 0 Å². The van der Waals surface area contributed by atoms with E-state index in [4.69, 9.17) is 5.73 Å². The van der Waals surface area contributed by atoms with Crippen LogP contribution in [0.5, 0.6) is 0 Å². The second kappa shape index (κ2) is 5.19. The van der Waals surface area contributed by atoms with Gasteiger partial charge in [-0.1, -0.05) is 0 Å². The molecule has 4 rings (SSSR count). The van der Waals surface area contributed by atoms with Crippen LogP contribution in [0.1, 0.15) is 12.8 Å². The zero-order chi connectivity index (χ0) is 15.2. The lowest BCUT2D eigenvalue weighted by Gasteiger charge is -2.44. The molecule has 0 amide bonds. The number of piperidine rings is 3. The van der Waals surface area contributed by atoms with E-state index in [2.05, 4.69) is 9.62 Å². The van der Waals surface area contributed by atoms with Crippen LogP contribution in [0.4, 0.5) is 14.5 Å². The zero-order valence-electron chi connectivity index (χ0n) is 11.4. The molecule has 1 aromatic rings. The number of anilines is 1. The van der Waals surface area contributed by atoms with E-state index in [1.807, 2.05) is 0 Å². The van der Waals surface area contributed by atoms with Crippen molar-refractivity contribution in [2.24, 2.45) is 5.92 Å². The van der Waals surface area contributed by atoms with Crippen molar-refractivity contribution in [3.05, 3.63) is 23.8 Å². The molecule has 0 aliphatic carbocycles. The number of benzene rings is 1. The van der Waals surface area contributed by atoms with Crippen LogP contribution in [0.25, 0.3) is 0 Å². The topological polar surface area (TPSA) is 75.4 Å². The number of nitrogens with one attached hydrogen (secondary N) is 1. The van der Waals surface area contributed by atoms with E-state index in [1.165, 1.54) is 0 Å². The van der Waals surface area contributed by atoms with Crippen molar-refractivity contribution >= 4 is 15.7 Å². The van der Waals surface area contributed by atoms with E-state index in [1.54, 1.807) is 0 Å². The maximum Gasteiger partial charge on any atom is 0.243 e. The zero-order valence-corrected chi connectivity index (χ0v) is 12.2. The monoisotopic (exact) mass is 317 g/mol. The van der Waals surface area contributed by atoms with Gasteiger partial charge < -0.3 is 10.6 Å². The Labute approximate surface area is 122 Å². The first-order chi connectivity index (χ1) is 9.87. The molecule has 3 N–H and O–H groups in total. The highest BCUT2D eigenvalue weighted by Crippen LogP contribution is 2.29. The lowest BCUT2D eigenvalue weighted by molar-refractivity contribution is 0.0827. The van der Waals surface area contributed by atoms with Gasteiger partial charge in [0.05, 0.1) is 5.69 Å². The minimum absolute atomic E-state index is 0.233. The van der Waals surface area contributed by atoms with Gasteiger partial charge in [-0.25, -0.2) is 21.9 Å². The number of fused-ring (bicyclic) bond motifs is 3. The number of nitrogen functional groups attached to an aromatic ring is 1. The molecule has 21 heavy (non-hydrogen) atoms. The fourth-order valence-electron chi connectivity index (χ4n) is 3.11. The molecular formula is C13H17F2N3O2S. The van der Waals surface area contributed by atoms with E-state index in [9.17, 15) is 17.2 Å². The number of rotatable bonds is 3. The summed E-state index contributed by atoms with van der Waals surface area (Å²) in [4.78, 5) is 1.58. The Balaban J connectivity index is 1.86. The van der Waals surface area contributed by atoms with Gasteiger partial charge in [0.15, 0.2) is 0 Å². The largest absolute Gasteiger partial charge is 0.396 e. The first-order valence-corrected chi connectivity index (χ1v) is 8.34. The van der Waals surface area contributed by atoms with E-state index in [0.29, 0.717) is 12.6 Å². The molecule has 5 nitrogen and oxygen atoms in total. The summed E-state index contributed by atoms with van der Waals surface area (Å²) in [7, 11) is -4.05. The summed E-state index contributed by atoms with van der Waals surface area (Å²) in [6.45, 7) is 2.57. The van der Waals surface area contributed by atoms with Gasteiger partial charge in [-0.2, -0.15) is 0 Å². The predicted molar refractivity (Wildman–Crippen MR) is 74.0 cm³/mol. The molecule has 3 aliphatic rings. The van der Waals surface area contributed by atoms with Crippen molar-refractivity contribution in [2.75, 3.05) is 25.4 Å². The molecule has 116 valence electrons. The summed E-state index contributed by atoms with van der Waals surface area (Å²) in [6, 6.07) is 1.09. The van der Waals surface area contributed by atoms with Crippen molar-refractivity contribution in [1.29, 1.82) is 0 Å². The average Bonchev–Trinajstić information content (AvgIpc) is 2.43. The Hall–Kier alpha value is -1.25. The van der Waals surface area contributed by atoms with Gasteiger partial charge >= 0.3 is 0 Å². The van der Waals surface area contributed by atoms with Gasteiger partial charge in [0, 0.05) is 18.7 Å². The smallest absolute Gasteiger partial charge is 0.243 e. The highest BCUT2D eigenvalue weighted by atomic mass is 32.2. The Morgan fingerprint density at radius 2 is 1.86 bits per heavy atom. The van der Waals surface area contributed by atoms with Crippen LogP contribution in [0, 0.1) is 17.6 Å². The molecule has 0 radical (unpaired) electrons. The summed E-state index contributed by atoms with van der Waals surface area (Å²) < 4.78 is 54.1. The highest BCUT2D eigenvalue weighted by molar-refractivity contribution is 7.89. The predicted octanol–water partition coefficient (Wildman–Crippen LogP) is 0.919. The summed E-state index contributed by atoms with van der Waals surface area (Å²) in [5.74, 6) is -1.82. The molecule has 1 aromatic carbocycles. The summed E-state index contributed by atoms with van der Waals surface area (Å²) in [6.07, 6.45) is 1.86. The van der Waals surface area contributed by atoms with Crippen LogP contribution in [0.15, 0.2) is 17.0 Å². The van der Waals surface area contributed by atoms with Crippen molar-refractivity contribution in [2.45, 2.75) is 23.8 Å². The Bertz CT molecular complexity index is 658. The molecule has 1 atom stereocenters. The second-order valence-electron chi connectivity index (χ2n) is 5.67. The lowest BCUT2D eigenvalue weighted by Crippen LogP contribution is -2.57. The summed E-state index contributed by atoms with van der Waals surface area (Å²) in [5, 5.41) is 0. The molecule has 3 heterocycles. The number of halogens is 2. The average molecular weight is 317 g/mol. The molecule has 0 aromatic heterocycles. The maximum absolute atomic E-state index is 13.7. The van der Waals surface area contributed by atoms with Gasteiger partial charge in [0.2, 0.25) is 10.0 Å². The molecule has 2 bridgehead atoms. The third kappa shape index (κ3) is 2.75. The Kier molecular flexibility index (Phi) is 3.62. The van der Waals surface area contributed by atoms with Crippen LogP contribution in [-0.4, -0.2) is 39.0 Å². The van der Waals surface area contributed by atoms with Gasteiger partial charge in [-0.05, 0) is 37.9 Å². The first-order valence-electron chi connectivity index (χ1n) is 6.86. The molecule has 3 fully saturated rings. The SMILES string of the molecule is Nc1cc(S(=O)(=O)NC2CN3CCC2CC3)c(F)cc1F. The molecular weight excluding hydrogens is 300 g/mol. The highest BCUT2D eigenvalue weighted by Gasteiger charge is 2.37. The van der Waals surface area contributed by atoms with Gasteiger partial charge in [0.25, 0.3) is 0 Å². The van der Waals surface area contributed by atoms with Crippen LogP contribution < -0.4 is 10.5 Å². The normalized spacial score (nSPS) is 28.8. The molecule has 3 aliphatic heterocycles. The summed E-state index contributed by atoms with van der Waals surface area (Å²) in [5.41, 5.74) is 4.95. The number of nitrogens with two attached hydrogens (primary N) is 1. The molecule has 0 saturated carbocycles. The standard InChI is InChI=1S/C13H17F2N3O2S/c14-9-5-10(15)13(6-11(9)16)21(19,20)17-12-7-18-3-1-8(12)2-4-18/h5-6,8,12,17H,1-4,7,16H2. The lowest BCUT2D eigenvalue weighted by atomic mass is 9.85. The van der Waals surface area contributed by atoms with E-state index < -0.39 is 26.6 Å². The first kappa shape index (κ1) is 14.7. The van der Waals surface area contributed by atoms with Crippen LogP contribution in [-0.2, 0) is 10.0 Å². The van der Waals surface area contributed by atoms with Crippen LogP contribution in [0.3, 0.4) is 0 Å². The van der Waals surface area contributed by atoms with E-state index in [-0.39, 0.29) is 17.6 Å². The minimum atomic E-state index is -4.05. The summed E-state index contributed by atoms with van der Waals surface area (Å²) >= 11 is 0. The molecule has 1 unspecified atom stereocenters. The second-order valence-corrected chi connectivity index (χ2v) is 7.35. The fraction of sp³-hybridized carbons (Fsp3) is 0.538. The van der Waals surface area contributed by atoms with E-state index >= 15 is 0 Å². The van der Waals surface area contributed by atoms with Gasteiger partial charge in [0.1, 0.15) is 16.5 Å². The Morgan fingerprint density at radius 1 is 1.19 bits per heavy atom. The maximum atomic E-state index is 13.7. The van der Waals surface area contributed by atoms with Gasteiger partial charge in [-0.3, -0.25) is 0 Å². The quantitative estimate of drug-likeness (QED) is 0.813. The number of nitrogens with zero attached hydrogens (tertiary/aromatic N) is 1. The molecule has 3 saturated heterocycles. The third-order valence-electron chi connectivity index (χ3n) is 4.30. The molecule has 0 spiro atoms. The third-order valence-corrected chi connectivity index (χ3v) is 5.81. The number of hydrogen-bond acceptors (Lipinski definition) is 4. The van der Waals surface area contributed by atoms with Crippen molar-refractivity contribution in [3.8, 4) is 0 Å². The van der Waals surface area contributed by atoms with Crippen LogP contribution >= 0.6 is 0 Å². The molecule has 8 heteroatoms. The van der Waals surface area contributed by atoms with Gasteiger partial charge in [-0.15, -0.1) is 0 Å².